The van der Waals surface area contributed by atoms with Gasteiger partial charge in [0.1, 0.15) is 11.3 Å². The number of rotatable bonds is 0. The van der Waals surface area contributed by atoms with Gasteiger partial charge in [0.2, 0.25) is 0 Å². The van der Waals surface area contributed by atoms with Crippen molar-refractivity contribution in [3.63, 3.8) is 0 Å². The van der Waals surface area contributed by atoms with E-state index in [1.165, 1.54) is 12.2 Å². The molecule has 0 radical (unpaired) electrons. The van der Waals surface area contributed by atoms with E-state index in [0.29, 0.717) is 0 Å². The second kappa shape index (κ2) is 2.54. The van der Waals surface area contributed by atoms with Crippen LogP contribution in [0.25, 0.3) is 11.2 Å². The van der Waals surface area contributed by atoms with Crippen molar-refractivity contribution >= 4 is 27.1 Å². The van der Waals surface area contributed by atoms with Crippen LogP contribution >= 0.6 is 15.9 Å². The summed E-state index contributed by atoms with van der Waals surface area (Å²) in [6.07, 6.45) is 4.12. The molecule has 0 amide bonds. The number of hydrogen-bond donors (Lipinski definition) is 0. The van der Waals surface area contributed by atoms with E-state index in [2.05, 4.69) is 30.5 Å². The fourth-order valence-corrected chi connectivity index (χ4v) is 2.17. The zero-order chi connectivity index (χ0) is 8.84. The fraction of sp³-hybridized carbons (Fsp3) is 0.333. The van der Waals surface area contributed by atoms with E-state index in [0.717, 1.165) is 28.6 Å². The standard InChI is InChI=1S/C9H8BrN3/c10-6-4-7-9(11-5-6)13-3-1-2-8(13)12-7/h4-5H,1-3H2. The van der Waals surface area contributed by atoms with Crippen LogP contribution in [0, 0.1) is 0 Å². The highest BCUT2D eigenvalue weighted by molar-refractivity contribution is 9.10. The maximum atomic E-state index is 4.52. The molecular formula is C9H8BrN3. The second-order valence-electron chi connectivity index (χ2n) is 3.28. The average Bonchev–Trinajstić information content (AvgIpc) is 2.62. The largest absolute Gasteiger partial charge is 0.313 e. The van der Waals surface area contributed by atoms with Gasteiger partial charge in [0.15, 0.2) is 5.65 Å². The van der Waals surface area contributed by atoms with E-state index in [-0.39, 0.29) is 0 Å². The first-order valence-electron chi connectivity index (χ1n) is 4.35. The minimum absolute atomic E-state index is 0.997. The predicted octanol–water partition coefficient (Wildman–Crippen LogP) is 2.14. The molecule has 3 rings (SSSR count). The number of imidazole rings is 1. The van der Waals surface area contributed by atoms with Crippen LogP contribution in [0.5, 0.6) is 0 Å². The van der Waals surface area contributed by atoms with Gasteiger partial charge in [0.25, 0.3) is 0 Å². The van der Waals surface area contributed by atoms with Crippen molar-refractivity contribution in [1.29, 1.82) is 0 Å². The molecule has 1 aliphatic heterocycles. The van der Waals surface area contributed by atoms with Gasteiger partial charge in [-0.2, -0.15) is 0 Å². The van der Waals surface area contributed by atoms with E-state index < -0.39 is 0 Å². The number of halogens is 1. The molecule has 1 aliphatic rings. The number of fused-ring (bicyclic) bond motifs is 3. The van der Waals surface area contributed by atoms with Gasteiger partial charge in [-0.05, 0) is 28.4 Å². The second-order valence-corrected chi connectivity index (χ2v) is 4.20. The molecule has 0 saturated carbocycles. The summed E-state index contributed by atoms with van der Waals surface area (Å²) in [5.41, 5.74) is 2.03. The Morgan fingerprint density at radius 1 is 1.46 bits per heavy atom. The van der Waals surface area contributed by atoms with Crippen LogP contribution < -0.4 is 0 Å². The van der Waals surface area contributed by atoms with Gasteiger partial charge < -0.3 is 4.57 Å². The number of nitrogens with zero attached hydrogens (tertiary/aromatic N) is 3. The molecular weight excluding hydrogens is 230 g/mol. The molecule has 0 saturated heterocycles. The lowest BCUT2D eigenvalue weighted by molar-refractivity contribution is 0.764. The summed E-state index contributed by atoms with van der Waals surface area (Å²) in [5.74, 6) is 1.18. The molecule has 0 aromatic carbocycles. The summed E-state index contributed by atoms with van der Waals surface area (Å²) in [6.45, 7) is 1.07. The lowest BCUT2D eigenvalue weighted by atomic mass is 10.3. The van der Waals surface area contributed by atoms with E-state index in [1.54, 1.807) is 0 Å². The Kier molecular flexibility index (Phi) is 1.47. The fourth-order valence-electron chi connectivity index (χ4n) is 1.85. The summed E-state index contributed by atoms with van der Waals surface area (Å²) in [6, 6.07) is 2.02. The van der Waals surface area contributed by atoms with E-state index in [9.17, 15) is 0 Å². The number of hydrogen-bond acceptors (Lipinski definition) is 2. The van der Waals surface area contributed by atoms with Crippen LogP contribution in [-0.4, -0.2) is 14.5 Å². The predicted molar refractivity (Wildman–Crippen MR) is 53.5 cm³/mol. The molecule has 0 spiro atoms. The molecule has 3 heterocycles. The van der Waals surface area contributed by atoms with Crippen molar-refractivity contribution in [2.45, 2.75) is 19.4 Å². The van der Waals surface area contributed by atoms with E-state index in [1.807, 2.05) is 12.3 Å². The van der Waals surface area contributed by atoms with Gasteiger partial charge in [-0.15, -0.1) is 0 Å². The molecule has 0 bridgehead atoms. The third-order valence-corrected chi connectivity index (χ3v) is 2.85. The SMILES string of the molecule is Brc1cnc2c(c1)nc1n2CCC1. The van der Waals surface area contributed by atoms with Gasteiger partial charge in [0.05, 0.1) is 0 Å². The highest BCUT2D eigenvalue weighted by Gasteiger charge is 2.16. The molecule has 0 N–H and O–H groups in total. The van der Waals surface area contributed by atoms with Gasteiger partial charge in [0, 0.05) is 23.6 Å². The molecule has 2 aromatic rings. The molecule has 4 heteroatoms. The van der Waals surface area contributed by atoms with Crippen molar-refractivity contribution in [1.82, 2.24) is 14.5 Å². The Hall–Kier alpha value is -0.900. The van der Waals surface area contributed by atoms with E-state index >= 15 is 0 Å². The Balaban J connectivity index is 2.38. The van der Waals surface area contributed by atoms with Crippen LogP contribution in [0.1, 0.15) is 12.2 Å². The average molecular weight is 238 g/mol. The third-order valence-electron chi connectivity index (χ3n) is 2.41. The molecule has 2 aromatic heterocycles. The van der Waals surface area contributed by atoms with Gasteiger partial charge in [-0.1, -0.05) is 0 Å². The number of aryl methyl sites for hydroxylation is 2. The van der Waals surface area contributed by atoms with Crippen molar-refractivity contribution in [3.8, 4) is 0 Å². The molecule has 0 fully saturated rings. The third kappa shape index (κ3) is 1.01. The van der Waals surface area contributed by atoms with Gasteiger partial charge in [-0.3, -0.25) is 0 Å². The zero-order valence-corrected chi connectivity index (χ0v) is 8.58. The Morgan fingerprint density at radius 2 is 2.38 bits per heavy atom. The van der Waals surface area contributed by atoms with Crippen molar-refractivity contribution in [3.05, 3.63) is 22.6 Å². The van der Waals surface area contributed by atoms with Gasteiger partial charge in [-0.25, -0.2) is 9.97 Å². The summed E-state index contributed by atoms with van der Waals surface area (Å²) in [5, 5.41) is 0. The van der Waals surface area contributed by atoms with Crippen molar-refractivity contribution < 1.29 is 0 Å². The van der Waals surface area contributed by atoms with E-state index in [4.69, 9.17) is 0 Å². The van der Waals surface area contributed by atoms with Crippen molar-refractivity contribution in [2.24, 2.45) is 0 Å². The highest BCUT2D eigenvalue weighted by atomic mass is 79.9. The highest BCUT2D eigenvalue weighted by Crippen LogP contribution is 2.22. The maximum absolute atomic E-state index is 4.52. The molecule has 3 nitrogen and oxygen atoms in total. The summed E-state index contributed by atoms with van der Waals surface area (Å²) < 4.78 is 3.21. The molecule has 0 atom stereocenters. The molecule has 0 aliphatic carbocycles. The maximum Gasteiger partial charge on any atom is 0.160 e. The van der Waals surface area contributed by atoms with Crippen LogP contribution in [-0.2, 0) is 13.0 Å². The molecule has 0 unspecified atom stereocenters. The van der Waals surface area contributed by atoms with Crippen LogP contribution in [0.2, 0.25) is 0 Å². The van der Waals surface area contributed by atoms with Crippen molar-refractivity contribution in [2.75, 3.05) is 0 Å². The zero-order valence-electron chi connectivity index (χ0n) is 7.00. The molecule has 66 valence electrons. The summed E-state index contributed by atoms with van der Waals surface area (Å²) >= 11 is 3.39. The first kappa shape index (κ1) is 7.50. The van der Waals surface area contributed by atoms with Crippen LogP contribution in [0.4, 0.5) is 0 Å². The Bertz CT molecular complexity index is 475. The van der Waals surface area contributed by atoms with Crippen LogP contribution in [0.15, 0.2) is 16.7 Å². The Morgan fingerprint density at radius 3 is 3.31 bits per heavy atom. The normalized spacial score (nSPS) is 15.2. The minimum Gasteiger partial charge on any atom is -0.313 e. The topological polar surface area (TPSA) is 30.7 Å². The summed E-state index contributed by atoms with van der Waals surface area (Å²) in [4.78, 5) is 8.89. The Labute approximate surface area is 83.9 Å². The number of aromatic nitrogens is 3. The lowest BCUT2D eigenvalue weighted by Gasteiger charge is -1.96. The van der Waals surface area contributed by atoms with Gasteiger partial charge >= 0.3 is 0 Å². The minimum atomic E-state index is 0.997. The first-order chi connectivity index (χ1) is 6.34. The lowest BCUT2D eigenvalue weighted by Crippen LogP contribution is -1.92. The monoisotopic (exact) mass is 237 g/mol. The first-order valence-corrected chi connectivity index (χ1v) is 5.14. The molecule has 13 heavy (non-hydrogen) atoms. The van der Waals surface area contributed by atoms with Crippen LogP contribution in [0.3, 0.4) is 0 Å². The quantitative estimate of drug-likeness (QED) is 0.703. The number of pyridine rings is 1. The smallest absolute Gasteiger partial charge is 0.160 e. The summed E-state index contributed by atoms with van der Waals surface area (Å²) in [7, 11) is 0.